The third kappa shape index (κ3) is 8.66. The van der Waals surface area contributed by atoms with Crippen LogP contribution in [0.1, 0.15) is 31.8 Å². The highest BCUT2D eigenvalue weighted by Crippen LogP contribution is 2.24. The fourth-order valence-electron chi connectivity index (χ4n) is 3.79. The molecular formula is C32H26BrN3O5S. The Hall–Kier alpha value is -4.67. The van der Waals surface area contributed by atoms with Crippen LogP contribution in [0.5, 0.6) is 0 Å². The van der Waals surface area contributed by atoms with Crippen molar-refractivity contribution in [2.24, 2.45) is 0 Å². The van der Waals surface area contributed by atoms with Crippen LogP contribution < -0.4 is 16.0 Å². The van der Waals surface area contributed by atoms with Crippen molar-refractivity contribution in [2.75, 3.05) is 16.4 Å². The molecule has 4 aromatic carbocycles. The highest BCUT2D eigenvalue weighted by Gasteiger charge is 2.16. The average molecular weight is 645 g/mol. The van der Waals surface area contributed by atoms with Gasteiger partial charge in [-0.05, 0) is 78.7 Å². The summed E-state index contributed by atoms with van der Waals surface area (Å²) in [5, 5.41) is 17.5. The van der Waals surface area contributed by atoms with Crippen molar-refractivity contribution in [1.29, 1.82) is 0 Å². The lowest BCUT2D eigenvalue weighted by molar-refractivity contribution is -0.114. The number of carbonyl (C=O) groups excluding carboxylic acids is 3. The van der Waals surface area contributed by atoms with Crippen molar-refractivity contribution in [2.45, 2.75) is 11.8 Å². The first-order valence-electron chi connectivity index (χ1n) is 12.7. The molecule has 10 heteroatoms. The van der Waals surface area contributed by atoms with Crippen LogP contribution >= 0.6 is 27.7 Å². The van der Waals surface area contributed by atoms with Crippen molar-refractivity contribution in [3.05, 3.63) is 129 Å². The van der Waals surface area contributed by atoms with E-state index in [0.717, 1.165) is 14.9 Å². The summed E-state index contributed by atoms with van der Waals surface area (Å²) in [6, 6.07) is 27.4. The van der Waals surface area contributed by atoms with E-state index in [1.807, 2.05) is 24.3 Å². The molecule has 0 aliphatic rings. The molecule has 0 unspecified atom stereocenters. The van der Waals surface area contributed by atoms with Gasteiger partial charge in [0.1, 0.15) is 5.70 Å². The molecule has 4 aromatic rings. The molecule has 0 aliphatic heterocycles. The van der Waals surface area contributed by atoms with Gasteiger partial charge in [0.25, 0.3) is 11.8 Å². The van der Waals surface area contributed by atoms with Gasteiger partial charge in [0.05, 0.1) is 11.3 Å². The standard InChI is InChI=1S/C32H26BrN3O5S/c1-20-13-14-23(32(40)41)17-27(20)35-29(37)19-42-26-12-6-11-25(18-26)34-31(39)28(16-21-7-5-10-24(33)15-21)36-30(38)22-8-3-2-4-9-22/h2-18H,19H2,1H3,(H,34,39)(H,35,37)(H,36,38)(H,40,41)/b28-16+. The average Bonchev–Trinajstić information content (AvgIpc) is 2.97. The number of carboxylic acid groups (broad SMARTS) is 1. The monoisotopic (exact) mass is 643 g/mol. The van der Waals surface area contributed by atoms with Crippen LogP contribution in [0, 0.1) is 6.92 Å². The van der Waals surface area contributed by atoms with E-state index in [9.17, 15) is 24.3 Å². The molecule has 4 N–H and O–H groups in total. The molecule has 0 aliphatic carbocycles. The van der Waals surface area contributed by atoms with Gasteiger partial charge in [0, 0.05) is 26.3 Å². The van der Waals surface area contributed by atoms with Crippen molar-refractivity contribution in [1.82, 2.24) is 5.32 Å². The number of benzene rings is 4. The molecule has 0 fully saturated rings. The van der Waals surface area contributed by atoms with Gasteiger partial charge in [-0.3, -0.25) is 14.4 Å². The Balaban J connectivity index is 1.45. The molecule has 0 atom stereocenters. The van der Waals surface area contributed by atoms with Gasteiger partial charge < -0.3 is 21.1 Å². The molecule has 8 nitrogen and oxygen atoms in total. The molecular weight excluding hydrogens is 618 g/mol. The van der Waals surface area contributed by atoms with E-state index in [-0.39, 0.29) is 22.9 Å². The van der Waals surface area contributed by atoms with Gasteiger partial charge in [0.2, 0.25) is 5.91 Å². The second-order valence-corrected chi connectivity index (χ2v) is 11.1. The Morgan fingerprint density at radius 3 is 2.33 bits per heavy atom. The number of aryl methyl sites for hydroxylation is 1. The second-order valence-electron chi connectivity index (χ2n) is 9.09. The topological polar surface area (TPSA) is 125 Å². The quantitative estimate of drug-likeness (QED) is 0.114. The maximum atomic E-state index is 13.3. The predicted molar refractivity (Wildman–Crippen MR) is 169 cm³/mol. The lowest BCUT2D eigenvalue weighted by Gasteiger charge is -2.12. The van der Waals surface area contributed by atoms with Crippen LogP contribution in [0.3, 0.4) is 0 Å². The largest absolute Gasteiger partial charge is 0.478 e. The number of thioether (sulfide) groups is 1. The molecule has 42 heavy (non-hydrogen) atoms. The minimum atomic E-state index is -1.08. The Bertz CT molecular complexity index is 1670. The Kier molecular flexibility index (Phi) is 10.3. The third-order valence-corrected chi connectivity index (χ3v) is 7.40. The lowest BCUT2D eigenvalue weighted by atomic mass is 10.1. The van der Waals surface area contributed by atoms with Gasteiger partial charge in [-0.1, -0.05) is 58.4 Å². The van der Waals surface area contributed by atoms with Gasteiger partial charge in [0.15, 0.2) is 0 Å². The molecule has 4 rings (SSSR count). The molecule has 0 spiro atoms. The molecule has 0 saturated carbocycles. The fraction of sp³-hybridized carbons (Fsp3) is 0.0625. The molecule has 212 valence electrons. The zero-order valence-electron chi connectivity index (χ0n) is 22.4. The first-order chi connectivity index (χ1) is 20.2. The molecule has 0 bridgehead atoms. The highest BCUT2D eigenvalue weighted by atomic mass is 79.9. The second kappa shape index (κ2) is 14.3. The van der Waals surface area contributed by atoms with E-state index in [1.54, 1.807) is 73.7 Å². The number of amides is 3. The summed E-state index contributed by atoms with van der Waals surface area (Å²) in [4.78, 5) is 50.8. The first-order valence-corrected chi connectivity index (χ1v) is 14.5. The van der Waals surface area contributed by atoms with Gasteiger partial charge in [-0.15, -0.1) is 11.8 Å². The smallest absolute Gasteiger partial charge is 0.335 e. The van der Waals surface area contributed by atoms with E-state index in [4.69, 9.17) is 0 Å². The van der Waals surface area contributed by atoms with E-state index < -0.39 is 17.8 Å². The molecule has 0 aromatic heterocycles. The summed E-state index contributed by atoms with van der Waals surface area (Å²) in [6.07, 6.45) is 1.59. The number of nitrogens with one attached hydrogen (secondary N) is 3. The van der Waals surface area contributed by atoms with Gasteiger partial charge >= 0.3 is 5.97 Å². The minimum absolute atomic E-state index is 0.0540. The number of rotatable bonds is 10. The summed E-state index contributed by atoms with van der Waals surface area (Å²) in [5.74, 6) is -2.26. The van der Waals surface area contributed by atoms with E-state index in [0.29, 0.717) is 22.5 Å². The number of anilines is 2. The number of hydrogen-bond donors (Lipinski definition) is 4. The molecule has 0 heterocycles. The number of carboxylic acids is 1. The fourth-order valence-corrected chi connectivity index (χ4v) is 4.96. The van der Waals surface area contributed by atoms with Crippen LogP contribution in [0.15, 0.2) is 112 Å². The zero-order valence-corrected chi connectivity index (χ0v) is 24.8. The Morgan fingerprint density at radius 2 is 1.60 bits per heavy atom. The zero-order chi connectivity index (χ0) is 30.1. The maximum Gasteiger partial charge on any atom is 0.335 e. The predicted octanol–water partition coefficient (Wildman–Crippen LogP) is 6.60. The summed E-state index contributed by atoms with van der Waals surface area (Å²) in [6.45, 7) is 1.78. The van der Waals surface area contributed by atoms with Gasteiger partial charge in [-0.2, -0.15) is 0 Å². The Morgan fingerprint density at radius 1 is 0.833 bits per heavy atom. The Labute approximate surface area is 255 Å². The van der Waals surface area contributed by atoms with Crippen LogP contribution in [-0.2, 0) is 9.59 Å². The van der Waals surface area contributed by atoms with E-state index in [1.165, 1.54) is 23.9 Å². The van der Waals surface area contributed by atoms with Crippen LogP contribution in [0.4, 0.5) is 11.4 Å². The third-order valence-electron chi connectivity index (χ3n) is 5.91. The van der Waals surface area contributed by atoms with Crippen molar-refractivity contribution >= 4 is 68.8 Å². The molecule has 3 amide bonds. The first kappa shape index (κ1) is 30.3. The number of aromatic carboxylic acids is 1. The lowest BCUT2D eigenvalue weighted by Crippen LogP contribution is -2.30. The van der Waals surface area contributed by atoms with Crippen molar-refractivity contribution in [3.8, 4) is 0 Å². The van der Waals surface area contributed by atoms with Crippen LogP contribution in [0.25, 0.3) is 6.08 Å². The number of hydrogen-bond acceptors (Lipinski definition) is 5. The number of carbonyl (C=O) groups is 4. The van der Waals surface area contributed by atoms with E-state index >= 15 is 0 Å². The molecule has 0 saturated heterocycles. The van der Waals surface area contributed by atoms with Crippen molar-refractivity contribution < 1.29 is 24.3 Å². The summed E-state index contributed by atoms with van der Waals surface area (Å²) in [5.41, 5.74) is 2.91. The summed E-state index contributed by atoms with van der Waals surface area (Å²) in [7, 11) is 0. The van der Waals surface area contributed by atoms with Crippen molar-refractivity contribution in [3.63, 3.8) is 0 Å². The summed E-state index contributed by atoms with van der Waals surface area (Å²) < 4.78 is 0.823. The van der Waals surface area contributed by atoms with Crippen LogP contribution in [-0.4, -0.2) is 34.6 Å². The normalized spacial score (nSPS) is 11.0. The van der Waals surface area contributed by atoms with E-state index in [2.05, 4.69) is 31.9 Å². The number of halogens is 1. The van der Waals surface area contributed by atoms with Crippen LogP contribution in [0.2, 0.25) is 0 Å². The summed E-state index contributed by atoms with van der Waals surface area (Å²) >= 11 is 4.68. The molecule has 0 radical (unpaired) electrons. The van der Waals surface area contributed by atoms with Gasteiger partial charge in [-0.25, -0.2) is 4.79 Å². The highest BCUT2D eigenvalue weighted by molar-refractivity contribution is 9.10. The minimum Gasteiger partial charge on any atom is -0.478 e. The SMILES string of the molecule is Cc1ccc(C(=O)O)cc1NC(=O)CSc1cccc(NC(=O)/C(=C\c2cccc(Br)c2)NC(=O)c2ccccc2)c1. The maximum absolute atomic E-state index is 13.3.